The van der Waals surface area contributed by atoms with Gasteiger partial charge in [-0.05, 0) is 30.8 Å². The highest BCUT2D eigenvalue weighted by Crippen LogP contribution is 2.20. The first kappa shape index (κ1) is 15.9. The van der Waals surface area contributed by atoms with Crippen molar-refractivity contribution in [1.82, 2.24) is 9.97 Å². The van der Waals surface area contributed by atoms with E-state index in [-0.39, 0.29) is 23.1 Å². The number of anilines is 1. The molecule has 0 aliphatic rings. The van der Waals surface area contributed by atoms with Gasteiger partial charge in [0.25, 0.3) is 5.56 Å². The summed E-state index contributed by atoms with van der Waals surface area (Å²) in [6.45, 7) is 1.61. The molecule has 1 heterocycles. The van der Waals surface area contributed by atoms with Gasteiger partial charge >= 0.3 is 0 Å². The number of aryl methyl sites for hydroxylation is 1. The van der Waals surface area contributed by atoms with Crippen LogP contribution in [0.2, 0.25) is 0 Å². The van der Waals surface area contributed by atoms with Gasteiger partial charge in [-0.25, -0.2) is 4.98 Å². The maximum atomic E-state index is 11.4. The molecule has 1 aromatic heterocycles. The highest BCUT2D eigenvalue weighted by atomic mass is 32.2. The van der Waals surface area contributed by atoms with Gasteiger partial charge < -0.3 is 16.0 Å². The summed E-state index contributed by atoms with van der Waals surface area (Å²) in [6.07, 6.45) is 0. The quantitative estimate of drug-likeness (QED) is 0.291. The standard InChI is InChI=1S/C14H15N5O2S/c1-8-5-11(20)19-14(17-8)22-13(16)9-3-2-4-10(6-9)18-12(21)7-15/h2-6,16H,7,15H2,1H3,(H,18,21)(H,17,19,20). The van der Waals surface area contributed by atoms with E-state index in [0.717, 1.165) is 11.8 Å². The van der Waals surface area contributed by atoms with Crippen molar-refractivity contribution in [3.05, 3.63) is 51.9 Å². The Bertz CT molecular complexity index is 772. The maximum Gasteiger partial charge on any atom is 0.251 e. The molecule has 0 radical (unpaired) electrons. The van der Waals surface area contributed by atoms with Crippen LogP contribution in [0.25, 0.3) is 0 Å². The Morgan fingerprint density at radius 3 is 2.91 bits per heavy atom. The van der Waals surface area contributed by atoms with Crippen LogP contribution in [-0.2, 0) is 4.79 Å². The molecule has 0 bridgehead atoms. The van der Waals surface area contributed by atoms with Crippen molar-refractivity contribution in [2.45, 2.75) is 12.1 Å². The predicted molar refractivity (Wildman–Crippen MR) is 86.4 cm³/mol. The number of nitrogens with one attached hydrogen (secondary N) is 3. The molecule has 114 valence electrons. The highest BCUT2D eigenvalue weighted by molar-refractivity contribution is 8.14. The number of H-pyrrole nitrogens is 1. The van der Waals surface area contributed by atoms with Crippen LogP contribution in [0.4, 0.5) is 5.69 Å². The zero-order chi connectivity index (χ0) is 16.1. The van der Waals surface area contributed by atoms with Gasteiger partial charge in [-0.2, -0.15) is 0 Å². The number of nitrogens with two attached hydrogens (primary N) is 1. The molecule has 7 nitrogen and oxygen atoms in total. The van der Waals surface area contributed by atoms with Gasteiger partial charge in [-0.3, -0.25) is 15.0 Å². The van der Waals surface area contributed by atoms with Crippen molar-refractivity contribution >= 4 is 28.4 Å². The Morgan fingerprint density at radius 2 is 2.23 bits per heavy atom. The van der Waals surface area contributed by atoms with Crippen LogP contribution < -0.4 is 16.6 Å². The van der Waals surface area contributed by atoms with Gasteiger partial charge in [0, 0.05) is 23.0 Å². The number of aromatic nitrogens is 2. The number of aromatic amines is 1. The lowest BCUT2D eigenvalue weighted by molar-refractivity contribution is -0.114. The smallest absolute Gasteiger partial charge is 0.251 e. The summed E-state index contributed by atoms with van der Waals surface area (Å²) in [6, 6.07) is 8.22. The average Bonchev–Trinajstić information content (AvgIpc) is 2.46. The molecular weight excluding hydrogens is 302 g/mol. The number of benzene rings is 1. The summed E-state index contributed by atoms with van der Waals surface area (Å²) in [5, 5.41) is 11.3. The molecule has 0 atom stereocenters. The number of rotatable bonds is 4. The summed E-state index contributed by atoms with van der Waals surface area (Å²) in [7, 11) is 0. The maximum absolute atomic E-state index is 11.4. The van der Waals surface area contributed by atoms with Crippen LogP contribution >= 0.6 is 11.8 Å². The number of thioether (sulfide) groups is 1. The van der Waals surface area contributed by atoms with Gasteiger partial charge in [-0.1, -0.05) is 12.1 Å². The zero-order valence-electron chi connectivity index (χ0n) is 11.8. The van der Waals surface area contributed by atoms with E-state index in [4.69, 9.17) is 11.1 Å². The van der Waals surface area contributed by atoms with E-state index in [2.05, 4.69) is 15.3 Å². The molecular formula is C14H15N5O2S. The molecule has 0 fully saturated rings. The van der Waals surface area contributed by atoms with E-state index in [1.807, 2.05) is 0 Å². The number of carbonyl (C=O) groups excluding carboxylic acids is 1. The molecule has 5 N–H and O–H groups in total. The molecule has 1 aromatic carbocycles. The fraction of sp³-hybridized carbons (Fsp3) is 0.143. The van der Waals surface area contributed by atoms with Crippen LogP contribution in [0, 0.1) is 12.3 Å². The molecule has 0 unspecified atom stereocenters. The van der Waals surface area contributed by atoms with Crippen LogP contribution in [0.1, 0.15) is 11.3 Å². The third-order valence-electron chi connectivity index (χ3n) is 2.64. The molecule has 0 aliphatic heterocycles. The molecule has 8 heteroatoms. The third-order valence-corrected chi connectivity index (χ3v) is 3.47. The summed E-state index contributed by atoms with van der Waals surface area (Å²) >= 11 is 1.04. The van der Waals surface area contributed by atoms with Crippen molar-refractivity contribution in [3.63, 3.8) is 0 Å². The summed E-state index contributed by atoms with van der Waals surface area (Å²) in [5.41, 5.74) is 6.74. The molecule has 22 heavy (non-hydrogen) atoms. The third kappa shape index (κ3) is 4.27. The van der Waals surface area contributed by atoms with Gasteiger partial charge in [-0.15, -0.1) is 0 Å². The molecule has 0 saturated carbocycles. The fourth-order valence-corrected chi connectivity index (χ4v) is 2.49. The summed E-state index contributed by atoms with van der Waals surface area (Å²) in [5.74, 6) is -0.305. The minimum atomic E-state index is -0.305. The summed E-state index contributed by atoms with van der Waals surface area (Å²) < 4.78 is 0. The minimum Gasteiger partial charge on any atom is -0.325 e. The Morgan fingerprint density at radius 1 is 1.45 bits per heavy atom. The SMILES string of the molecule is Cc1cc(=O)[nH]c(SC(=N)c2cccc(NC(=O)CN)c2)n1. The normalized spacial score (nSPS) is 10.3. The monoisotopic (exact) mass is 317 g/mol. The summed E-state index contributed by atoms with van der Waals surface area (Å²) in [4.78, 5) is 29.4. The molecule has 2 aromatic rings. The van der Waals surface area contributed by atoms with Crippen molar-refractivity contribution in [2.75, 3.05) is 11.9 Å². The van der Waals surface area contributed by atoms with Crippen LogP contribution in [0.15, 0.2) is 40.3 Å². The number of nitrogens with zero attached hydrogens (tertiary/aromatic N) is 1. The number of carbonyl (C=O) groups is 1. The fourth-order valence-electron chi connectivity index (χ4n) is 1.71. The number of hydrogen-bond acceptors (Lipinski definition) is 6. The van der Waals surface area contributed by atoms with Crippen LogP contribution in [0.3, 0.4) is 0 Å². The van der Waals surface area contributed by atoms with Crippen molar-refractivity contribution < 1.29 is 4.79 Å². The molecule has 0 aliphatic carbocycles. The molecule has 0 spiro atoms. The average molecular weight is 317 g/mol. The Hall–Kier alpha value is -2.45. The van der Waals surface area contributed by atoms with Crippen molar-refractivity contribution in [1.29, 1.82) is 5.41 Å². The van der Waals surface area contributed by atoms with Gasteiger partial charge in [0.05, 0.1) is 6.54 Å². The van der Waals surface area contributed by atoms with Gasteiger partial charge in [0.1, 0.15) is 5.04 Å². The number of amides is 1. The predicted octanol–water partition coefficient (Wildman–Crippen LogP) is 1.09. The van der Waals surface area contributed by atoms with E-state index in [1.165, 1.54) is 6.07 Å². The first-order valence-corrected chi connectivity index (χ1v) is 7.24. The second kappa shape index (κ2) is 7.01. The minimum absolute atomic E-state index is 0.106. The second-order valence-corrected chi connectivity index (χ2v) is 5.46. The lowest BCUT2D eigenvalue weighted by Crippen LogP contribution is -2.21. The van der Waals surface area contributed by atoms with Crippen molar-refractivity contribution in [2.24, 2.45) is 5.73 Å². The van der Waals surface area contributed by atoms with Gasteiger partial charge in [0.15, 0.2) is 5.16 Å². The lowest BCUT2D eigenvalue weighted by Gasteiger charge is -2.07. The largest absolute Gasteiger partial charge is 0.325 e. The van der Waals surface area contributed by atoms with E-state index < -0.39 is 0 Å². The van der Waals surface area contributed by atoms with Crippen molar-refractivity contribution in [3.8, 4) is 0 Å². The zero-order valence-corrected chi connectivity index (χ0v) is 12.7. The topological polar surface area (TPSA) is 125 Å². The lowest BCUT2D eigenvalue weighted by atomic mass is 10.2. The van der Waals surface area contributed by atoms with Crippen LogP contribution in [-0.4, -0.2) is 27.5 Å². The van der Waals surface area contributed by atoms with E-state index in [1.54, 1.807) is 31.2 Å². The first-order chi connectivity index (χ1) is 10.5. The Balaban J connectivity index is 2.17. The second-order valence-electron chi connectivity index (χ2n) is 4.46. The van der Waals surface area contributed by atoms with E-state index in [9.17, 15) is 9.59 Å². The van der Waals surface area contributed by atoms with E-state index in [0.29, 0.717) is 22.1 Å². The first-order valence-electron chi connectivity index (χ1n) is 6.42. The molecule has 1 amide bonds. The molecule has 0 saturated heterocycles. The Kier molecular flexibility index (Phi) is 5.08. The molecule has 2 rings (SSSR count). The number of hydrogen-bond donors (Lipinski definition) is 4. The van der Waals surface area contributed by atoms with Crippen LogP contribution in [0.5, 0.6) is 0 Å². The van der Waals surface area contributed by atoms with E-state index >= 15 is 0 Å². The highest BCUT2D eigenvalue weighted by Gasteiger charge is 2.08. The van der Waals surface area contributed by atoms with Gasteiger partial charge in [0.2, 0.25) is 5.91 Å². The Labute approximate surface area is 130 Å².